The second kappa shape index (κ2) is 3.18. The van der Waals surface area contributed by atoms with Gasteiger partial charge in [0.2, 0.25) is 0 Å². The monoisotopic (exact) mass is 128 g/mol. The standard InChI is InChI=1S/C7H14NO/c1-8-6-4-3-5-7(8)9-2/h6-7H,3-5H2,1-2H3. The van der Waals surface area contributed by atoms with E-state index in [-0.39, 0.29) is 0 Å². The Bertz CT molecular complexity index is 85.0. The van der Waals surface area contributed by atoms with Crippen molar-refractivity contribution in [1.82, 2.24) is 4.90 Å². The minimum Gasteiger partial charge on any atom is -0.366 e. The van der Waals surface area contributed by atoms with Crippen LogP contribution in [0.25, 0.3) is 0 Å². The van der Waals surface area contributed by atoms with Crippen LogP contribution in [0, 0.1) is 6.54 Å². The van der Waals surface area contributed by atoms with E-state index in [1.165, 1.54) is 19.3 Å². The summed E-state index contributed by atoms with van der Waals surface area (Å²) in [6.45, 7) is 2.19. The van der Waals surface area contributed by atoms with Crippen molar-refractivity contribution in [1.29, 1.82) is 0 Å². The molecule has 1 heterocycles. The Morgan fingerprint density at radius 1 is 1.67 bits per heavy atom. The number of likely N-dealkylation sites (tertiary alicyclic amines) is 1. The van der Waals surface area contributed by atoms with Crippen LogP contribution in [0.4, 0.5) is 0 Å². The summed E-state index contributed by atoms with van der Waals surface area (Å²) in [4.78, 5) is 2.14. The van der Waals surface area contributed by atoms with E-state index in [9.17, 15) is 0 Å². The molecule has 0 aromatic heterocycles. The zero-order valence-electron chi connectivity index (χ0n) is 6.13. The van der Waals surface area contributed by atoms with E-state index in [4.69, 9.17) is 4.74 Å². The number of rotatable bonds is 1. The maximum atomic E-state index is 5.20. The molecule has 1 fully saturated rings. The van der Waals surface area contributed by atoms with Gasteiger partial charge in [-0.3, -0.25) is 4.90 Å². The number of nitrogens with zero attached hydrogens (tertiary/aromatic N) is 1. The van der Waals surface area contributed by atoms with Gasteiger partial charge in [-0.1, -0.05) is 0 Å². The molecule has 1 aliphatic heterocycles. The highest BCUT2D eigenvalue weighted by Crippen LogP contribution is 2.17. The van der Waals surface area contributed by atoms with Gasteiger partial charge in [0.25, 0.3) is 0 Å². The second-order valence-electron chi connectivity index (χ2n) is 2.47. The molecule has 9 heavy (non-hydrogen) atoms. The van der Waals surface area contributed by atoms with E-state index in [2.05, 4.69) is 18.5 Å². The molecule has 0 aromatic carbocycles. The van der Waals surface area contributed by atoms with Crippen LogP contribution in [0.15, 0.2) is 0 Å². The Hall–Kier alpha value is -0.0800. The Morgan fingerprint density at radius 2 is 2.44 bits per heavy atom. The first-order valence-electron chi connectivity index (χ1n) is 3.42. The Morgan fingerprint density at radius 3 is 2.89 bits per heavy atom. The predicted molar refractivity (Wildman–Crippen MR) is 36.7 cm³/mol. The van der Waals surface area contributed by atoms with Crippen LogP contribution < -0.4 is 0 Å². The first-order valence-corrected chi connectivity index (χ1v) is 3.42. The molecule has 1 aliphatic rings. The van der Waals surface area contributed by atoms with Crippen molar-refractivity contribution in [3.8, 4) is 0 Å². The lowest BCUT2D eigenvalue weighted by atomic mass is 10.1. The molecule has 1 unspecified atom stereocenters. The Kier molecular flexibility index (Phi) is 2.49. The quantitative estimate of drug-likeness (QED) is 0.526. The molecule has 1 atom stereocenters. The topological polar surface area (TPSA) is 12.5 Å². The number of hydrogen-bond acceptors (Lipinski definition) is 2. The molecule has 0 saturated carbocycles. The van der Waals surface area contributed by atoms with Crippen molar-refractivity contribution in [2.75, 3.05) is 14.2 Å². The van der Waals surface area contributed by atoms with Gasteiger partial charge in [-0.15, -0.1) is 0 Å². The summed E-state index contributed by atoms with van der Waals surface area (Å²) in [7, 11) is 3.83. The summed E-state index contributed by atoms with van der Waals surface area (Å²) < 4.78 is 5.20. The van der Waals surface area contributed by atoms with Gasteiger partial charge in [-0.05, 0) is 26.3 Å². The highest BCUT2D eigenvalue weighted by molar-refractivity contribution is 4.74. The maximum Gasteiger partial charge on any atom is 0.110 e. The van der Waals surface area contributed by atoms with E-state index in [0.29, 0.717) is 6.23 Å². The number of hydrogen-bond donors (Lipinski definition) is 0. The largest absolute Gasteiger partial charge is 0.366 e. The van der Waals surface area contributed by atoms with Crippen molar-refractivity contribution in [2.45, 2.75) is 25.5 Å². The normalized spacial score (nSPS) is 30.7. The molecular weight excluding hydrogens is 114 g/mol. The van der Waals surface area contributed by atoms with Gasteiger partial charge >= 0.3 is 0 Å². The minimum atomic E-state index is 0.332. The highest BCUT2D eigenvalue weighted by atomic mass is 16.5. The fourth-order valence-electron chi connectivity index (χ4n) is 1.19. The van der Waals surface area contributed by atoms with E-state index >= 15 is 0 Å². The third kappa shape index (κ3) is 1.66. The lowest BCUT2D eigenvalue weighted by Gasteiger charge is -2.30. The highest BCUT2D eigenvalue weighted by Gasteiger charge is 2.17. The molecule has 0 aromatic rings. The van der Waals surface area contributed by atoms with E-state index in [0.717, 1.165) is 0 Å². The third-order valence-electron chi connectivity index (χ3n) is 1.80. The lowest BCUT2D eigenvalue weighted by molar-refractivity contribution is -0.0233. The Labute approximate surface area is 56.8 Å². The number of methoxy groups -OCH3 is 1. The molecule has 2 heteroatoms. The second-order valence-corrected chi connectivity index (χ2v) is 2.47. The van der Waals surface area contributed by atoms with E-state index in [1.54, 1.807) is 7.11 Å². The van der Waals surface area contributed by atoms with Crippen molar-refractivity contribution in [3.63, 3.8) is 0 Å². The summed E-state index contributed by atoms with van der Waals surface area (Å²) in [6.07, 6.45) is 3.97. The van der Waals surface area contributed by atoms with E-state index < -0.39 is 0 Å². The molecule has 2 nitrogen and oxygen atoms in total. The van der Waals surface area contributed by atoms with Crippen molar-refractivity contribution in [3.05, 3.63) is 6.54 Å². The number of ether oxygens (including phenoxy) is 1. The van der Waals surface area contributed by atoms with E-state index in [1.807, 2.05) is 0 Å². The summed E-state index contributed by atoms with van der Waals surface area (Å²) in [6, 6.07) is 0. The molecule has 53 valence electrons. The SMILES string of the molecule is COC1CCC[CH]N1C. The van der Waals surface area contributed by atoms with Crippen LogP contribution in [0.5, 0.6) is 0 Å². The molecule has 0 spiro atoms. The van der Waals surface area contributed by atoms with Crippen LogP contribution in [-0.2, 0) is 4.74 Å². The van der Waals surface area contributed by atoms with Gasteiger partial charge in [-0.2, -0.15) is 0 Å². The third-order valence-corrected chi connectivity index (χ3v) is 1.80. The first kappa shape index (κ1) is 7.03. The lowest BCUT2D eigenvalue weighted by Crippen LogP contribution is -2.34. The van der Waals surface area contributed by atoms with Crippen LogP contribution in [0.3, 0.4) is 0 Å². The van der Waals surface area contributed by atoms with Gasteiger partial charge in [0.05, 0.1) is 0 Å². The van der Waals surface area contributed by atoms with Crippen LogP contribution >= 0.6 is 0 Å². The van der Waals surface area contributed by atoms with Gasteiger partial charge in [0, 0.05) is 13.7 Å². The fourth-order valence-corrected chi connectivity index (χ4v) is 1.19. The molecule has 1 saturated heterocycles. The molecule has 0 bridgehead atoms. The summed E-state index contributed by atoms with van der Waals surface area (Å²) in [5, 5.41) is 0. The molecule has 0 aliphatic carbocycles. The van der Waals surface area contributed by atoms with Gasteiger partial charge < -0.3 is 4.74 Å². The Balaban J connectivity index is 2.30. The van der Waals surface area contributed by atoms with Crippen molar-refractivity contribution in [2.24, 2.45) is 0 Å². The predicted octanol–water partition coefficient (Wildman–Crippen LogP) is 1.24. The number of piperidine rings is 1. The van der Waals surface area contributed by atoms with Gasteiger partial charge in [0.1, 0.15) is 6.23 Å². The fraction of sp³-hybridized carbons (Fsp3) is 0.857. The van der Waals surface area contributed by atoms with Crippen LogP contribution in [0.2, 0.25) is 0 Å². The molecule has 0 amide bonds. The van der Waals surface area contributed by atoms with Gasteiger partial charge in [0.15, 0.2) is 0 Å². The summed E-state index contributed by atoms with van der Waals surface area (Å²) >= 11 is 0. The first-order chi connectivity index (χ1) is 4.34. The minimum absolute atomic E-state index is 0.332. The summed E-state index contributed by atoms with van der Waals surface area (Å²) in [5.41, 5.74) is 0. The smallest absolute Gasteiger partial charge is 0.110 e. The molecule has 1 rings (SSSR count). The van der Waals surface area contributed by atoms with Crippen molar-refractivity contribution < 1.29 is 4.74 Å². The average Bonchev–Trinajstić information content (AvgIpc) is 1.89. The molecular formula is C7H14NO. The van der Waals surface area contributed by atoms with Crippen molar-refractivity contribution >= 4 is 0 Å². The average molecular weight is 128 g/mol. The van der Waals surface area contributed by atoms with Crippen LogP contribution in [-0.4, -0.2) is 25.3 Å². The van der Waals surface area contributed by atoms with Crippen LogP contribution in [0.1, 0.15) is 19.3 Å². The summed E-state index contributed by atoms with van der Waals surface area (Å²) in [5.74, 6) is 0. The maximum absolute atomic E-state index is 5.20. The molecule has 0 N–H and O–H groups in total. The molecule has 1 radical (unpaired) electrons. The zero-order valence-corrected chi connectivity index (χ0v) is 6.13. The zero-order chi connectivity index (χ0) is 6.69. The van der Waals surface area contributed by atoms with Gasteiger partial charge in [-0.25, -0.2) is 0 Å².